The maximum Gasteiger partial charge on any atom is 0.241 e. The van der Waals surface area contributed by atoms with Gasteiger partial charge in [0.05, 0.1) is 13.2 Å². The zero-order valence-electron chi connectivity index (χ0n) is 10.4. The number of carbonyl (C=O) groups excluding carboxylic acids is 2. The fourth-order valence-corrected chi connectivity index (χ4v) is 2.13. The Kier molecular flexibility index (Phi) is 5.97. The summed E-state index contributed by atoms with van der Waals surface area (Å²) < 4.78 is 0. The van der Waals surface area contributed by atoms with Crippen LogP contribution >= 0.6 is 0 Å². The summed E-state index contributed by atoms with van der Waals surface area (Å²) in [6, 6.07) is 0. The van der Waals surface area contributed by atoms with Crippen molar-refractivity contribution in [1.82, 2.24) is 10.2 Å². The third-order valence-electron chi connectivity index (χ3n) is 3.25. The number of carbonyl (C=O) groups is 2. The average molecular weight is 242 g/mol. The van der Waals surface area contributed by atoms with E-state index in [4.69, 9.17) is 5.11 Å². The largest absolute Gasteiger partial charge is 0.395 e. The fourth-order valence-electron chi connectivity index (χ4n) is 2.13. The monoisotopic (exact) mass is 242 g/mol. The summed E-state index contributed by atoms with van der Waals surface area (Å²) >= 11 is 0. The molecule has 0 aliphatic heterocycles. The molecule has 1 rings (SSSR count). The molecule has 1 aliphatic rings. The number of hydrogen-bond donors (Lipinski definition) is 2. The van der Waals surface area contributed by atoms with E-state index in [0.29, 0.717) is 18.9 Å². The van der Waals surface area contributed by atoms with E-state index in [1.54, 1.807) is 7.05 Å². The standard InChI is InChI=1S/C12H22N2O3/c1-14(6-7-15)12(17)9-13-11(16)8-10-4-2-3-5-10/h10,15H,2-9H2,1H3,(H,13,16). The Labute approximate surface area is 102 Å². The molecule has 5 nitrogen and oxygen atoms in total. The van der Waals surface area contributed by atoms with Crippen molar-refractivity contribution in [2.75, 3.05) is 26.7 Å². The van der Waals surface area contributed by atoms with Gasteiger partial charge in [-0.2, -0.15) is 0 Å². The van der Waals surface area contributed by atoms with E-state index in [1.165, 1.54) is 17.7 Å². The Morgan fingerprint density at radius 1 is 1.35 bits per heavy atom. The molecule has 2 N–H and O–H groups in total. The molecule has 0 radical (unpaired) electrons. The number of aliphatic hydroxyl groups is 1. The van der Waals surface area contributed by atoms with Gasteiger partial charge >= 0.3 is 0 Å². The van der Waals surface area contributed by atoms with Crippen molar-refractivity contribution in [1.29, 1.82) is 0 Å². The molecule has 5 heteroatoms. The number of amides is 2. The Hall–Kier alpha value is -1.10. The number of aliphatic hydroxyl groups excluding tert-OH is 1. The molecule has 0 saturated heterocycles. The number of nitrogens with zero attached hydrogens (tertiary/aromatic N) is 1. The summed E-state index contributed by atoms with van der Waals surface area (Å²) in [7, 11) is 1.61. The van der Waals surface area contributed by atoms with E-state index in [-0.39, 0.29) is 25.0 Å². The van der Waals surface area contributed by atoms with Gasteiger partial charge in [0.1, 0.15) is 0 Å². The molecule has 0 spiro atoms. The van der Waals surface area contributed by atoms with Crippen LogP contribution in [0.2, 0.25) is 0 Å². The predicted molar refractivity (Wildman–Crippen MR) is 64.3 cm³/mol. The predicted octanol–water partition coefficient (Wildman–Crippen LogP) is 0.134. The lowest BCUT2D eigenvalue weighted by Crippen LogP contribution is -2.39. The van der Waals surface area contributed by atoms with Gasteiger partial charge in [0, 0.05) is 20.0 Å². The number of likely N-dealkylation sites (N-methyl/N-ethyl adjacent to an activating group) is 1. The summed E-state index contributed by atoms with van der Waals surface area (Å²) in [5.74, 6) is 0.293. The molecule has 0 bridgehead atoms. The van der Waals surface area contributed by atoms with E-state index < -0.39 is 0 Å². The number of hydrogen-bond acceptors (Lipinski definition) is 3. The van der Waals surface area contributed by atoms with Crippen LogP contribution in [0.4, 0.5) is 0 Å². The van der Waals surface area contributed by atoms with Crippen LogP contribution in [-0.2, 0) is 9.59 Å². The third-order valence-corrected chi connectivity index (χ3v) is 3.25. The molecule has 1 fully saturated rings. The molecule has 0 atom stereocenters. The van der Waals surface area contributed by atoms with E-state index >= 15 is 0 Å². The van der Waals surface area contributed by atoms with Gasteiger partial charge in [0.25, 0.3) is 0 Å². The Bertz CT molecular complexity index is 262. The normalized spacial score (nSPS) is 15.9. The van der Waals surface area contributed by atoms with Crippen molar-refractivity contribution >= 4 is 11.8 Å². The fraction of sp³-hybridized carbons (Fsp3) is 0.833. The molecule has 0 aromatic heterocycles. The second-order valence-electron chi connectivity index (χ2n) is 4.67. The number of nitrogens with one attached hydrogen (secondary N) is 1. The third kappa shape index (κ3) is 5.17. The molecule has 0 unspecified atom stereocenters. The first-order valence-electron chi connectivity index (χ1n) is 6.25. The number of rotatable bonds is 6. The maximum absolute atomic E-state index is 11.6. The van der Waals surface area contributed by atoms with Crippen molar-refractivity contribution in [2.45, 2.75) is 32.1 Å². The highest BCUT2D eigenvalue weighted by atomic mass is 16.3. The molecule has 0 aromatic carbocycles. The van der Waals surface area contributed by atoms with Crippen LogP contribution in [0.25, 0.3) is 0 Å². The SMILES string of the molecule is CN(CCO)C(=O)CNC(=O)CC1CCCC1. The lowest BCUT2D eigenvalue weighted by atomic mass is 10.0. The van der Waals surface area contributed by atoms with Crippen LogP contribution in [0, 0.1) is 5.92 Å². The van der Waals surface area contributed by atoms with Crippen molar-refractivity contribution in [3.8, 4) is 0 Å². The van der Waals surface area contributed by atoms with Crippen LogP contribution in [0.5, 0.6) is 0 Å². The molecule has 98 valence electrons. The highest BCUT2D eigenvalue weighted by Gasteiger charge is 2.18. The molecule has 0 aromatic rings. The van der Waals surface area contributed by atoms with E-state index in [9.17, 15) is 9.59 Å². The van der Waals surface area contributed by atoms with Gasteiger partial charge < -0.3 is 15.3 Å². The molecule has 17 heavy (non-hydrogen) atoms. The highest BCUT2D eigenvalue weighted by Crippen LogP contribution is 2.27. The first-order valence-corrected chi connectivity index (χ1v) is 6.25. The molecule has 1 aliphatic carbocycles. The Balaban J connectivity index is 2.16. The van der Waals surface area contributed by atoms with Crippen LogP contribution < -0.4 is 5.32 Å². The van der Waals surface area contributed by atoms with Gasteiger partial charge in [0.2, 0.25) is 11.8 Å². The topological polar surface area (TPSA) is 69.6 Å². The minimum Gasteiger partial charge on any atom is -0.395 e. The summed E-state index contributed by atoms with van der Waals surface area (Å²) in [4.78, 5) is 24.4. The van der Waals surface area contributed by atoms with Crippen LogP contribution in [0.15, 0.2) is 0 Å². The molecule has 0 heterocycles. The summed E-state index contributed by atoms with van der Waals surface area (Å²) in [5.41, 5.74) is 0. The molecule has 2 amide bonds. The lowest BCUT2D eigenvalue weighted by molar-refractivity contribution is -0.132. The summed E-state index contributed by atoms with van der Waals surface area (Å²) in [6.07, 6.45) is 5.24. The smallest absolute Gasteiger partial charge is 0.241 e. The average Bonchev–Trinajstić information content (AvgIpc) is 2.79. The van der Waals surface area contributed by atoms with E-state index in [2.05, 4.69) is 5.32 Å². The Morgan fingerprint density at radius 2 is 2.00 bits per heavy atom. The van der Waals surface area contributed by atoms with E-state index in [1.807, 2.05) is 0 Å². The summed E-state index contributed by atoms with van der Waals surface area (Å²) in [6.45, 7) is 0.275. The van der Waals surface area contributed by atoms with Crippen molar-refractivity contribution in [3.63, 3.8) is 0 Å². The van der Waals surface area contributed by atoms with Gasteiger partial charge in [-0.15, -0.1) is 0 Å². The van der Waals surface area contributed by atoms with Gasteiger partial charge in [-0.1, -0.05) is 12.8 Å². The van der Waals surface area contributed by atoms with Crippen molar-refractivity contribution in [2.24, 2.45) is 5.92 Å². The maximum atomic E-state index is 11.6. The van der Waals surface area contributed by atoms with Gasteiger partial charge in [0.15, 0.2) is 0 Å². The lowest BCUT2D eigenvalue weighted by Gasteiger charge is -2.16. The van der Waals surface area contributed by atoms with Crippen LogP contribution in [0.3, 0.4) is 0 Å². The van der Waals surface area contributed by atoms with Gasteiger partial charge in [-0.05, 0) is 18.8 Å². The van der Waals surface area contributed by atoms with Crippen molar-refractivity contribution < 1.29 is 14.7 Å². The zero-order chi connectivity index (χ0) is 12.7. The first-order chi connectivity index (χ1) is 8.13. The minimum absolute atomic E-state index is 0.0298. The molecular formula is C12H22N2O3. The second kappa shape index (κ2) is 7.27. The van der Waals surface area contributed by atoms with Crippen LogP contribution in [0.1, 0.15) is 32.1 Å². The minimum atomic E-state index is -0.168. The second-order valence-corrected chi connectivity index (χ2v) is 4.67. The molecule has 1 saturated carbocycles. The van der Waals surface area contributed by atoms with E-state index in [0.717, 1.165) is 12.8 Å². The van der Waals surface area contributed by atoms with Crippen LogP contribution in [-0.4, -0.2) is 48.6 Å². The quantitative estimate of drug-likeness (QED) is 0.696. The first kappa shape index (κ1) is 14.0. The molecular weight excluding hydrogens is 220 g/mol. The Morgan fingerprint density at radius 3 is 2.59 bits per heavy atom. The zero-order valence-corrected chi connectivity index (χ0v) is 10.4. The summed E-state index contributed by atoms with van der Waals surface area (Å²) in [5, 5.41) is 11.3. The van der Waals surface area contributed by atoms with Gasteiger partial charge in [-0.3, -0.25) is 9.59 Å². The van der Waals surface area contributed by atoms with Gasteiger partial charge in [-0.25, -0.2) is 0 Å². The highest BCUT2D eigenvalue weighted by molar-refractivity contribution is 5.84. The van der Waals surface area contributed by atoms with Crippen molar-refractivity contribution in [3.05, 3.63) is 0 Å².